The van der Waals surface area contributed by atoms with Gasteiger partial charge in [-0.3, -0.25) is 4.79 Å². The van der Waals surface area contributed by atoms with Crippen LogP contribution in [0, 0.1) is 11.8 Å². The lowest BCUT2D eigenvalue weighted by Crippen LogP contribution is -2.33. The summed E-state index contributed by atoms with van der Waals surface area (Å²) in [6, 6.07) is 2.47. The van der Waals surface area contributed by atoms with Crippen molar-refractivity contribution in [2.75, 3.05) is 13.1 Å². The van der Waals surface area contributed by atoms with Crippen LogP contribution in [-0.4, -0.2) is 25.0 Å². The number of carbonyl (C=O) groups is 1. The average Bonchev–Trinajstić information content (AvgIpc) is 2.65. The number of piperidine rings is 1. The average molecular weight is 259 g/mol. The van der Waals surface area contributed by atoms with Gasteiger partial charge in [-0.1, -0.05) is 0 Å². The highest BCUT2D eigenvalue weighted by atomic mass is 35.5. The summed E-state index contributed by atoms with van der Waals surface area (Å²) in [4.78, 5) is 11.7. The first kappa shape index (κ1) is 11.9. The fraction of sp³-hybridized carbons (Fsp3) is 0.545. The molecule has 2 aliphatic rings. The van der Waals surface area contributed by atoms with Crippen molar-refractivity contribution < 1.29 is 4.79 Å². The Labute approximate surface area is 105 Å². The summed E-state index contributed by atoms with van der Waals surface area (Å²) in [7, 11) is 0. The molecule has 16 heavy (non-hydrogen) atoms. The quantitative estimate of drug-likeness (QED) is 0.851. The van der Waals surface area contributed by atoms with Crippen molar-refractivity contribution in [1.82, 2.24) is 10.6 Å². The van der Waals surface area contributed by atoms with Crippen LogP contribution in [-0.2, 0) is 11.2 Å². The molecule has 5 heteroatoms. The van der Waals surface area contributed by atoms with Crippen molar-refractivity contribution in [1.29, 1.82) is 0 Å². The van der Waals surface area contributed by atoms with Crippen molar-refractivity contribution in [3.05, 3.63) is 22.4 Å². The Morgan fingerprint density at radius 2 is 2.25 bits per heavy atom. The van der Waals surface area contributed by atoms with Gasteiger partial charge in [0.25, 0.3) is 0 Å². The van der Waals surface area contributed by atoms with Crippen LogP contribution in [0.4, 0.5) is 0 Å². The van der Waals surface area contributed by atoms with Gasteiger partial charge in [0.15, 0.2) is 0 Å². The summed E-state index contributed by atoms with van der Waals surface area (Å²) in [5.41, 5.74) is 1.13. The van der Waals surface area contributed by atoms with Crippen molar-refractivity contribution in [3.8, 4) is 0 Å². The minimum Gasteiger partial charge on any atom is -0.352 e. The predicted octanol–water partition coefficient (Wildman–Crippen LogP) is 1.05. The molecule has 1 saturated carbocycles. The van der Waals surface area contributed by atoms with E-state index >= 15 is 0 Å². The Bertz CT molecular complexity index is 358. The number of thiophene rings is 1. The molecule has 88 valence electrons. The van der Waals surface area contributed by atoms with Crippen LogP contribution in [0.25, 0.3) is 0 Å². The monoisotopic (exact) mass is 258 g/mol. The summed E-state index contributed by atoms with van der Waals surface area (Å²) in [5, 5.41) is 10.5. The van der Waals surface area contributed by atoms with E-state index in [0.29, 0.717) is 24.3 Å². The molecule has 0 bridgehead atoms. The summed E-state index contributed by atoms with van der Waals surface area (Å²) in [6.45, 7) is 2.15. The lowest BCUT2D eigenvalue weighted by atomic mass is 10.2. The molecule has 2 N–H and O–H groups in total. The smallest absolute Gasteiger partial charge is 0.224 e. The van der Waals surface area contributed by atoms with Crippen LogP contribution in [0.2, 0.25) is 0 Å². The molecule has 1 amide bonds. The second-order valence-corrected chi connectivity index (χ2v) is 5.17. The van der Waals surface area contributed by atoms with Gasteiger partial charge in [0, 0.05) is 19.1 Å². The van der Waals surface area contributed by atoms with E-state index < -0.39 is 0 Å². The number of amides is 1. The molecule has 0 spiro atoms. The Morgan fingerprint density at radius 3 is 2.88 bits per heavy atom. The molecule has 1 aliphatic heterocycles. The van der Waals surface area contributed by atoms with E-state index in [1.165, 1.54) is 0 Å². The summed E-state index contributed by atoms with van der Waals surface area (Å²) in [6.07, 6.45) is 0.535. The van der Waals surface area contributed by atoms with Gasteiger partial charge in [-0.15, -0.1) is 12.4 Å². The first-order valence-electron chi connectivity index (χ1n) is 5.36. The van der Waals surface area contributed by atoms with Crippen LogP contribution < -0.4 is 10.6 Å². The Kier molecular flexibility index (Phi) is 3.52. The second-order valence-electron chi connectivity index (χ2n) is 4.39. The highest BCUT2D eigenvalue weighted by Crippen LogP contribution is 2.41. The van der Waals surface area contributed by atoms with Gasteiger partial charge >= 0.3 is 0 Å². The maximum Gasteiger partial charge on any atom is 0.224 e. The first-order chi connectivity index (χ1) is 7.34. The van der Waals surface area contributed by atoms with Crippen LogP contribution in [0.5, 0.6) is 0 Å². The second kappa shape index (κ2) is 4.73. The molecule has 1 aromatic heterocycles. The number of fused-ring (bicyclic) bond motifs is 1. The zero-order chi connectivity index (χ0) is 10.3. The molecular formula is C11H15ClN2OS. The van der Waals surface area contributed by atoms with E-state index in [-0.39, 0.29) is 18.3 Å². The summed E-state index contributed by atoms with van der Waals surface area (Å²) in [5.74, 6) is 1.58. The van der Waals surface area contributed by atoms with Crippen molar-refractivity contribution in [2.24, 2.45) is 11.8 Å². The Hall–Kier alpha value is -0.580. The Balaban J connectivity index is 0.000000963. The lowest BCUT2D eigenvalue weighted by Gasteiger charge is -2.06. The molecule has 0 radical (unpaired) electrons. The summed E-state index contributed by atoms with van der Waals surface area (Å²) < 4.78 is 0. The standard InChI is InChI=1S/C11H14N2OS.ClH/c14-10(3-7-1-2-15-6-7)13-11-8-4-12-5-9(8)11;/h1-2,6,8-9,11-12H,3-5H2,(H,13,14);1H. The van der Waals surface area contributed by atoms with E-state index in [1.54, 1.807) is 11.3 Å². The number of carbonyl (C=O) groups excluding carboxylic acids is 1. The van der Waals surface area contributed by atoms with Gasteiger partial charge in [0.05, 0.1) is 6.42 Å². The highest BCUT2D eigenvalue weighted by Gasteiger charge is 2.53. The van der Waals surface area contributed by atoms with Crippen LogP contribution in [0.15, 0.2) is 16.8 Å². The molecule has 3 nitrogen and oxygen atoms in total. The fourth-order valence-electron chi connectivity index (χ4n) is 2.45. The third kappa shape index (κ3) is 2.24. The van der Waals surface area contributed by atoms with Gasteiger partial charge < -0.3 is 10.6 Å². The molecule has 2 fully saturated rings. The normalized spacial score (nSPS) is 30.4. The molecule has 2 unspecified atom stereocenters. The zero-order valence-corrected chi connectivity index (χ0v) is 10.4. The number of hydrogen-bond donors (Lipinski definition) is 2. The summed E-state index contributed by atoms with van der Waals surface area (Å²) >= 11 is 1.64. The van der Waals surface area contributed by atoms with Crippen molar-refractivity contribution in [2.45, 2.75) is 12.5 Å². The third-order valence-corrected chi connectivity index (χ3v) is 4.10. The van der Waals surface area contributed by atoms with Gasteiger partial charge in [-0.2, -0.15) is 11.3 Å². The van der Waals surface area contributed by atoms with Gasteiger partial charge in [0.1, 0.15) is 0 Å². The number of halogens is 1. The predicted molar refractivity (Wildman–Crippen MR) is 67.1 cm³/mol. The van der Waals surface area contributed by atoms with Gasteiger partial charge in [0.2, 0.25) is 5.91 Å². The van der Waals surface area contributed by atoms with Crippen LogP contribution in [0.3, 0.4) is 0 Å². The van der Waals surface area contributed by atoms with E-state index in [9.17, 15) is 4.79 Å². The molecule has 2 atom stereocenters. The molecule has 1 aliphatic carbocycles. The minimum atomic E-state index is 0. The molecule has 0 aromatic carbocycles. The number of nitrogens with one attached hydrogen (secondary N) is 2. The molecule has 1 aromatic rings. The molecule has 2 heterocycles. The topological polar surface area (TPSA) is 41.1 Å². The number of hydrogen-bond acceptors (Lipinski definition) is 3. The molecule has 1 saturated heterocycles. The van der Waals surface area contributed by atoms with Crippen LogP contribution >= 0.6 is 23.7 Å². The first-order valence-corrected chi connectivity index (χ1v) is 6.30. The number of rotatable bonds is 3. The maximum absolute atomic E-state index is 11.7. The largest absolute Gasteiger partial charge is 0.352 e. The van der Waals surface area contributed by atoms with E-state index in [0.717, 1.165) is 18.7 Å². The van der Waals surface area contributed by atoms with E-state index in [2.05, 4.69) is 10.6 Å². The highest BCUT2D eigenvalue weighted by molar-refractivity contribution is 7.07. The SMILES string of the molecule is Cl.O=C(Cc1ccsc1)NC1C2CNCC21. The molecular weight excluding hydrogens is 244 g/mol. The third-order valence-electron chi connectivity index (χ3n) is 3.36. The molecule has 3 rings (SSSR count). The zero-order valence-electron chi connectivity index (χ0n) is 8.81. The fourth-order valence-corrected chi connectivity index (χ4v) is 3.12. The minimum absolute atomic E-state index is 0. The lowest BCUT2D eigenvalue weighted by molar-refractivity contribution is -0.120. The van der Waals surface area contributed by atoms with Crippen molar-refractivity contribution in [3.63, 3.8) is 0 Å². The van der Waals surface area contributed by atoms with Gasteiger partial charge in [-0.05, 0) is 34.2 Å². The maximum atomic E-state index is 11.7. The van der Waals surface area contributed by atoms with Crippen molar-refractivity contribution >= 4 is 29.7 Å². The Morgan fingerprint density at radius 1 is 1.50 bits per heavy atom. The van der Waals surface area contributed by atoms with E-state index in [1.807, 2.05) is 16.8 Å². The van der Waals surface area contributed by atoms with Crippen LogP contribution in [0.1, 0.15) is 5.56 Å². The van der Waals surface area contributed by atoms with E-state index in [4.69, 9.17) is 0 Å². The van der Waals surface area contributed by atoms with Gasteiger partial charge in [-0.25, -0.2) is 0 Å².